The second-order valence-electron chi connectivity index (χ2n) is 5.70. The molecular formula is C15H24N4O4S. The molecule has 1 aromatic carbocycles. The van der Waals surface area contributed by atoms with Gasteiger partial charge in [0.05, 0.1) is 17.4 Å². The number of anilines is 1. The number of hydrogen-bond acceptors (Lipinski definition) is 6. The van der Waals surface area contributed by atoms with Crippen LogP contribution in [0.5, 0.6) is 0 Å². The van der Waals surface area contributed by atoms with Gasteiger partial charge >= 0.3 is 0 Å². The van der Waals surface area contributed by atoms with Crippen molar-refractivity contribution in [2.75, 3.05) is 44.7 Å². The molecule has 24 heavy (non-hydrogen) atoms. The number of piperazine rings is 1. The molecule has 0 aliphatic carbocycles. The molecule has 0 saturated carbocycles. The van der Waals surface area contributed by atoms with Crippen LogP contribution in [0.2, 0.25) is 0 Å². The summed E-state index contributed by atoms with van der Waals surface area (Å²) < 4.78 is 27.7. The lowest BCUT2D eigenvalue weighted by Gasteiger charge is -2.36. The first kappa shape index (κ1) is 18.7. The first-order valence-corrected chi connectivity index (χ1v) is 9.28. The number of nitrogens with two attached hydrogens (primary N) is 2. The van der Waals surface area contributed by atoms with Gasteiger partial charge in [-0.05, 0) is 24.3 Å². The predicted molar refractivity (Wildman–Crippen MR) is 91.1 cm³/mol. The number of carbonyl (C=O) groups excluding carboxylic acids is 1. The van der Waals surface area contributed by atoms with E-state index in [0.29, 0.717) is 32.7 Å². The number of ether oxygens (including phenoxy) is 1. The smallest absolute Gasteiger partial charge is 0.238 e. The zero-order valence-electron chi connectivity index (χ0n) is 13.7. The standard InChI is InChI=1S/C15H24N4O4S/c1-23-13(11-16)10-15(20)19-8-6-18(7-9-19)12-2-4-14(5-3-12)24(17,21)22/h2-5,13H,6-11,16H2,1H3,(H2,17,21,22). The van der Waals surface area contributed by atoms with Gasteiger partial charge in [-0.15, -0.1) is 0 Å². The fourth-order valence-corrected chi connectivity index (χ4v) is 3.16. The second kappa shape index (κ2) is 7.93. The van der Waals surface area contributed by atoms with Crippen LogP contribution in [-0.4, -0.2) is 65.2 Å². The minimum Gasteiger partial charge on any atom is -0.380 e. The molecule has 9 heteroatoms. The topological polar surface area (TPSA) is 119 Å². The Morgan fingerprint density at radius 2 is 1.79 bits per heavy atom. The van der Waals surface area contributed by atoms with E-state index < -0.39 is 10.0 Å². The van der Waals surface area contributed by atoms with E-state index in [1.807, 2.05) is 0 Å². The number of nitrogens with zero attached hydrogens (tertiary/aromatic N) is 2. The van der Waals surface area contributed by atoms with Crippen molar-refractivity contribution in [3.63, 3.8) is 0 Å². The van der Waals surface area contributed by atoms with Crippen LogP contribution >= 0.6 is 0 Å². The van der Waals surface area contributed by atoms with Crippen LogP contribution in [0.25, 0.3) is 0 Å². The van der Waals surface area contributed by atoms with E-state index in [4.69, 9.17) is 15.6 Å². The molecule has 0 radical (unpaired) electrons. The van der Waals surface area contributed by atoms with Crippen LogP contribution < -0.4 is 15.8 Å². The summed E-state index contributed by atoms with van der Waals surface area (Å²) in [6.07, 6.45) is 0.0389. The molecule has 1 aliphatic heterocycles. The van der Waals surface area contributed by atoms with Crippen LogP contribution in [0.3, 0.4) is 0 Å². The van der Waals surface area contributed by atoms with E-state index in [9.17, 15) is 13.2 Å². The summed E-state index contributed by atoms with van der Waals surface area (Å²) >= 11 is 0. The number of rotatable bonds is 6. The Morgan fingerprint density at radius 3 is 2.25 bits per heavy atom. The van der Waals surface area contributed by atoms with Crippen LogP contribution in [0.15, 0.2) is 29.2 Å². The molecule has 1 heterocycles. The summed E-state index contributed by atoms with van der Waals surface area (Å²) in [7, 11) is -2.13. The highest BCUT2D eigenvalue weighted by atomic mass is 32.2. The molecule has 0 aromatic heterocycles. The first-order chi connectivity index (χ1) is 11.3. The second-order valence-corrected chi connectivity index (χ2v) is 7.27. The van der Waals surface area contributed by atoms with Gasteiger partial charge in [0.2, 0.25) is 15.9 Å². The average molecular weight is 356 g/mol. The van der Waals surface area contributed by atoms with Crippen LogP contribution in [0, 0.1) is 0 Å². The summed E-state index contributed by atoms with van der Waals surface area (Å²) in [6.45, 7) is 2.90. The molecule has 4 N–H and O–H groups in total. The molecule has 2 rings (SSSR count). The summed E-state index contributed by atoms with van der Waals surface area (Å²) in [5, 5.41) is 5.09. The molecule has 0 bridgehead atoms. The van der Waals surface area contributed by atoms with Gasteiger partial charge < -0.3 is 20.3 Å². The Hall–Kier alpha value is -1.68. The Balaban J connectivity index is 1.91. The molecule has 1 amide bonds. The van der Waals surface area contributed by atoms with Crippen molar-refractivity contribution in [3.05, 3.63) is 24.3 Å². The molecule has 1 saturated heterocycles. The quantitative estimate of drug-likeness (QED) is 0.699. The van der Waals surface area contributed by atoms with Gasteiger partial charge in [0.25, 0.3) is 0 Å². The lowest BCUT2D eigenvalue weighted by atomic mass is 10.2. The van der Waals surface area contributed by atoms with Gasteiger partial charge in [0.15, 0.2) is 0 Å². The highest BCUT2D eigenvalue weighted by Gasteiger charge is 2.23. The van der Waals surface area contributed by atoms with E-state index in [0.717, 1.165) is 5.69 Å². The Kier molecular flexibility index (Phi) is 6.16. The minimum absolute atomic E-state index is 0.0384. The van der Waals surface area contributed by atoms with Gasteiger partial charge in [-0.25, -0.2) is 13.6 Å². The van der Waals surface area contributed by atoms with Crippen molar-refractivity contribution in [2.24, 2.45) is 10.9 Å². The molecule has 1 fully saturated rings. The van der Waals surface area contributed by atoms with Crippen LogP contribution in [0.1, 0.15) is 6.42 Å². The number of sulfonamides is 1. The van der Waals surface area contributed by atoms with E-state index in [-0.39, 0.29) is 23.3 Å². The summed E-state index contributed by atoms with van der Waals surface area (Å²) in [5.74, 6) is 0.0384. The van der Waals surface area contributed by atoms with Crippen molar-refractivity contribution >= 4 is 21.6 Å². The maximum atomic E-state index is 12.2. The van der Waals surface area contributed by atoms with E-state index >= 15 is 0 Å². The normalized spacial score (nSPS) is 17.0. The van der Waals surface area contributed by atoms with Crippen molar-refractivity contribution < 1.29 is 17.9 Å². The molecule has 1 atom stereocenters. The van der Waals surface area contributed by atoms with Crippen molar-refractivity contribution in [3.8, 4) is 0 Å². The van der Waals surface area contributed by atoms with Gasteiger partial charge in [-0.2, -0.15) is 0 Å². The highest BCUT2D eigenvalue weighted by molar-refractivity contribution is 7.89. The maximum Gasteiger partial charge on any atom is 0.238 e. The van der Waals surface area contributed by atoms with E-state index in [2.05, 4.69) is 4.90 Å². The fourth-order valence-electron chi connectivity index (χ4n) is 2.65. The van der Waals surface area contributed by atoms with Crippen LogP contribution in [-0.2, 0) is 19.6 Å². The molecule has 1 unspecified atom stereocenters. The number of hydrogen-bond donors (Lipinski definition) is 2. The Morgan fingerprint density at radius 1 is 1.21 bits per heavy atom. The number of carbonyl (C=O) groups is 1. The minimum atomic E-state index is -3.68. The Labute approximate surface area is 142 Å². The zero-order valence-corrected chi connectivity index (χ0v) is 14.5. The molecule has 8 nitrogen and oxygen atoms in total. The third-order valence-corrected chi connectivity index (χ3v) is 5.09. The molecular weight excluding hydrogens is 332 g/mol. The van der Waals surface area contributed by atoms with Gasteiger partial charge in [-0.1, -0.05) is 0 Å². The van der Waals surface area contributed by atoms with E-state index in [1.165, 1.54) is 12.1 Å². The highest BCUT2D eigenvalue weighted by Crippen LogP contribution is 2.19. The van der Waals surface area contributed by atoms with E-state index in [1.54, 1.807) is 24.1 Å². The number of benzene rings is 1. The summed E-state index contributed by atoms with van der Waals surface area (Å²) in [6, 6.07) is 6.44. The van der Waals surface area contributed by atoms with Gasteiger partial charge in [0.1, 0.15) is 0 Å². The fraction of sp³-hybridized carbons (Fsp3) is 0.533. The monoisotopic (exact) mass is 356 g/mol. The maximum absolute atomic E-state index is 12.2. The summed E-state index contributed by atoms with van der Waals surface area (Å²) in [4.78, 5) is 16.2. The summed E-state index contributed by atoms with van der Waals surface area (Å²) in [5.41, 5.74) is 6.45. The number of amides is 1. The lowest BCUT2D eigenvalue weighted by molar-refractivity contribution is -0.133. The molecule has 1 aromatic rings. The first-order valence-electron chi connectivity index (χ1n) is 7.73. The van der Waals surface area contributed by atoms with Crippen LogP contribution in [0.4, 0.5) is 5.69 Å². The lowest BCUT2D eigenvalue weighted by Crippen LogP contribution is -2.49. The largest absolute Gasteiger partial charge is 0.380 e. The van der Waals surface area contributed by atoms with Crippen molar-refractivity contribution in [2.45, 2.75) is 17.4 Å². The molecule has 0 spiro atoms. The average Bonchev–Trinajstić information content (AvgIpc) is 2.59. The van der Waals surface area contributed by atoms with Gasteiger partial charge in [-0.3, -0.25) is 4.79 Å². The van der Waals surface area contributed by atoms with Crippen molar-refractivity contribution in [1.82, 2.24) is 4.90 Å². The van der Waals surface area contributed by atoms with Gasteiger partial charge in [0, 0.05) is 45.5 Å². The third kappa shape index (κ3) is 4.67. The molecule has 134 valence electrons. The third-order valence-electron chi connectivity index (χ3n) is 4.16. The zero-order chi connectivity index (χ0) is 17.7. The Bertz CT molecular complexity index is 651. The predicted octanol–water partition coefficient (Wildman–Crippen LogP) is -0.654. The SMILES string of the molecule is COC(CN)CC(=O)N1CCN(c2ccc(S(N)(=O)=O)cc2)CC1. The number of methoxy groups -OCH3 is 1. The van der Waals surface area contributed by atoms with Crippen molar-refractivity contribution in [1.29, 1.82) is 0 Å². The molecule has 1 aliphatic rings. The number of primary sulfonamides is 1.